The van der Waals surface area contributed by atoms with Gasteiger partial charge in [0.05, 0.1) is 0 Å². The van der Waals surface area contributed by atoms with E-state index in [4.69, 9.17) is 11.6 Å². The molecule has 1 atom stereocenters. The molecule has 1 unspecified atom stereocenters. The first-order valence-electron chi connectivity index (χ1n) is 8.23. The molecule has 1 aliphatic heterocycles. The average Bonchev–Trinajstić information content (AvgIpc) is 2.81. The molecule has 1 aromatic carbocycles. The Kier molecular flexibility index (Phi) is 5.06. The van der Waals surface area contributed by atoms with Crippen LogP contribution in [-0.2, 0) is 20.0 Å². The first kappa shape index (κ1) is 17.2. The van der Waals surface area contributed by atoms with E-state index in [0.717, 1.165) is 13.0 Å². The van der Waals surface area contributed by atoms with Crippen molar-refractivity contribution in [1.29, 1.82) is 0 Å². The van der Waals surface area contributed by atoms with Gasteiger partial charge in [-0.3, -0.25) is 4.57 Å². The number of rotatable bonds is 4. The lowest BCUT2D eigenvalue weighted by atomic mass is 10.0. The van der Waals surface area contributed by atoms with Crippen LogP contribution in [-0.4, -0.2) is 38.9 Å². The van der Waals surface area contributed by atoms with Crippen LogP contribution in [0.5, 0.6) is 0 Å². The molecule has 1 aliphatic rings. The Morgan fingerprint density at radius 2 is 2.12 bits per heavy atom. The molecule has 0 bridgehead atoms. The summed E-state index contributed by atoms with van der Waals surface area (Å²) in [6.45, 7) is 1.61. The zero-order valence-corrected chi connectivity index (χ0v) is 14.8. The average molecular weight is 353 g/mol. The lowest BCUT2D eigenvalue weighted by molar-refractivity contribution is 0.165. The summed E-state index contributed by atoms with van der Waals surface area (Å²) in [5, 5.41) is 4.66. The van der Waals surface area contributed by atoms with E-state index in [1.54, 1.807) is 23.7 Å². The van der Waals surface area contributed by atoms with Crippen LogP contribution >= 0.6 is 11.6 Å². The van der Waals surface area contributed by atoms with Crippen molar-refractivity contribution in [2.75, 3.05) is 13.6 Å². The molecule has 0 N–H and O–H groups in total. The summed E-state index contributed by atoms with van der Waals surface area (Å²) in [5.74, 6) is 0.176. The van der Waals surface area contributed by atoms with E-state index < -0.39 is 0 Å². The molecule has 1 aromatic heterocycles. The van der Waals surface area contributed by atoms with E-state index in [-0.39, 0.29) is 17.9 Å². The third kappa shape index (κ3) is 3.39. The van der Waals surface area contributed by atoms with Crippen LogP contribution in [0.25, 0.3) is 0 Å². The zero-order chi connectivity index (χ0) is 17.3. The minimum Gasteiger partial charge on any atom is -0.302 e. The molecule has 2 heterocycles. The van der Waals surface area contributed by atoms with Crippen LogP contribution in [0.15, 0.2) is 23.0 Å². The second-order valence-electron chi connectivity index (χ2n) is 6.44. The predicted octanol–water partition coefficient (Wildman–Crippen LogP) is 2.45. The number of benzene rings is 1. The highest BCUT2D eigenvalue weighted by molar-refractivity contribution is 6.31. The van der Waals surface area contributed by atoms with Gasteiger partial charge in [0.15, 0.2) is 0 Å². The third-order valence-corrected chi connectivity index (χ3v) is 5.15. The van der Waals surface area contributed by atoms with Gasteiger partial charge < -0.3 is 4.90 Å². The van der Waals surface area contributed by atoms with Crippen molar-refractivity contribution >= 4 is 11.6 Å². The summed E-state index contributed by atoms with van der Waals surface area (Å²) in [4.78, 5) is 14.7. The fraction of sp³-hybridized carbons (Fsp3) is 0.529. The molecular formula is C17H22ClFN4O. The molecule has 24 heavy (non-hydrogen) atoms. The second kappa shape index (κ2) is 7.07. The molecule has 5 nitrogen and oxygen atoms in total. The minimum atomic E-state index is -0.373. The molecule has 0 radical (unpaired) electrons. The number of hydrogen-bond donors (Lipinski definition) is 0. The van der Waals surface area contributed by atoms with Gasteiger partial charge in [-0.15, -0.1) is 0 Å². The largest absolute Gasteiger partial charge is 0.345 e. The van der Waals surface area contributed by atoms with Crippen molar-refractivity contribution in [1.82, 2.24) is 19.2 Å². The second-order valence-corrected chi connectivity index (χ2v) is 6.85. The number of hydrogen-bond acceptors (Lipinski definition) is 3. The normalized spacial score (nSPS) is 18.9. The van der Waals surface area contributed by atoms with Gasteiger partial charge in [0.1, 0.15) is 11.6 Å². The summed E-state index contributed by atoms with van der Waals surface area (Å²) in [7, 11) is 3.70. The van der Waals surface area contributed by atoms with Gasteiger partial charge >= 0.3 is 5.69 Å². The van der Waals surface area contributed by atoms with E-state index >= 15 is 0 Å². The molecule has 130 valence electrons. The lowest BCUT2D eigenvalue weighted by Gasteiger charge is -2.32. The Hall–Kier alpha value is -1.66. The maximum absolute atomic E-state index is 14.1. The fourth-order valence-corrected chi connectivity index (χ4v) is 3.54. The summed E-state index contributed by atoms with van der Waals surface area (Å²) >= 11 is 6.12. The van der Waals surface area contributed by atoms with E-state index in [9.17, 15) is 9.18 Å². The van der Waals surface area contributed by atoms with E-state index in [0.29, 0.717) is 29.0 Å². The summed E-state index contributed by atoms with van der Waals surface area (Å²) < 4.78 is 17.1. The molecule has 7 heteroatoms. The Morgan fingerprint density at radius 1 is 1.33 bits per heavy atom. The molecule has 1 fully saturated rings. The number of aromatic nitrogens is 3. The summed E-state index contributed by atoms with van der Waals surface area (Å²) in [5.41, 5.74) is 0.208. The number of likely N-dealkylation sites (N-methyl/N-ethyl adjacent to an activating group) is 1. The highest BCUT2D eigenvalue weighted by Gasteiger charge is 2.23. The zero-order valence-electron chi connectivity index (χ0n) is 14.0. The van der Waals surface area contributed by atoms with E-state index in [2.05, 4.69) is 17.0 Å². The molecule has 0 aliphatic carbocycles. The number of nitrogens with zero attached hydrogens (tertiary/aromatic N) is 4. The summed E-state index contributed by atoms with van der Waals surface area (Å²) in [6, 6.07) is 4.90. The van der Waals surface area contributed by atoms with Gasteiger partial charge in [-0.1, -0.05) is 24.1 Å². The van der Waals surface area contributed by atoms with Crippen molar-refractivity contribution in [3.8, 4) is 0 Å². The lowest BCUT2D eigenvalue weighted by Crippen LogP contribution is -2.41. The maximum Gasteiger partial charge on any atom is 0.345 e. The first-order valence-corrected chi connectivity index (χ1v) is 8.61. The Balaban J connectivity index is 1.91. The van der Waals surface area contributed by atoms with Gasteiger partial charge in [0.2, 0.25) is 0 Å². The molecule has 0 amide bonds. The molecule has 1 saturated heterocycles. The number of piperidine rings is 1. The fourth-order valence-electron chi connectivity index (χ4n) is 3.31. The molecular weight excluding hydrogens is 331 g/mol. The minimum absolute atomic E-state index is 0.170. The van der Waals surface area contributed by atoms with E-state index in [1.807, 2.05) is 0 Å². The molecule has 0 saturated carbocycles. The summed E-state index contributed by atoms with van der Waals surface area (Å²) in [6.07, 6.45) is 3.61. The maximum atomic E-state index is 14.1. The smallest absolute Gasteiger partial charge is 0.302 e. The Bertz CT molecular complexity index is 765. The van der Waals surface area contributed by atoms with Crippen LogP contribution < -0.4 is 5.69 Å². The Labute approximate surface area is 145 Å². The van der Waals surface area contributed by atoms with Gasteiger partial charge in [-0.05, 0) is 38.6 Å². The molecule has 0 spiro atoms. The van der Waals surface area contributed by atoms with Gasteiger partial charge in [0.25, 0.3) is 0 Å². The van der Waals surface area contributed by atoms with Gasteiger partial charge in [-0.25, -0.2) is 13.9 Å². The quantitative estimate of drug-likeness (QED) is 0.849. The highest BCUT2D eigenvalue weighted by Crippen LogP contribution is 2.22. The van der Waals surface area contributed by atoms with E-state index in [1.165, 1.54) is 23.6 Å². The van der Waals surface area contributed by atoms with Crippen molar-refractivity contribution in [2.45, 2.75) is 38.3 Å². The van der Waals surface area contributed by atoms with Crippen molar-refractivity contribution in [3.05, 3.63) is 50.9 Å². The van der Waals surface area contributed by atoms with Gasteiger partial charge in [-0.2, -0.15) is 5.10 Å². The van der Waals surface area contributed by atoms with Crippen LogP contribution in [0.3, 0.4) is 0 Å². The third-order valence-electron chi connectivity index (χ3n) is 4.80. The highest BCUT2D eigenvalue weighted by atomic mass is 35.5. The van der Waals surface area contributed by atoms with Crippen molar-refractivity contribution in [3.63, 3.8) is 0 Å². The van der Waals surface area contributed by atoms with Crippen molar-refractivity contribution < 1.29 is 4.39 Å². The predicted molar refractivity (Wildman–Crippen MR) is 92.0 cm³/mol. The van der Waals surface area contributed by atoms with Crippen LogP contribution in [0.1, 0.15) is 30.7 Å². The van der Waals surface area contributed by atoms with Crippen LogP contribution in [0.4, 0.5) is 4.39 Å². The molecule has 3 rings (SSSR count). The van der Waals surface area contributed by atoms with Crippen LogP contribution in [0, 0.1) is 5.82 Å². The Morgan fingerprint density at radius 3 is 2.83 bits per heavy atom. The van der Waals surface area contributed by atoms with Gasteiger partial charge in [0, 0.05) is 36.6 Å². The monoisotopic (exact) mass is 352 g/mol. The van der Waals surface area contributed by atoms with Crippen molar-refractivity contribution in [2.24, 2.45) is 7.05 Å². The SMILES string of the molecule is CN1CCCCC1Cn1c(Cc2c(F)cccc2Cl)nn(C)c1=O. The number of aryl methyl sites for hydroxylation is 1. The first-order chi connectivity index (χ1) is 11.5. The number of halogens is 2. The topological polar surface area (TPSA) is 43.1 Å². The standard InChI is InChI=1S/C17H22ClFN4O/c1-21-9-4-3-6-12(21)11-23-16(20-22(2)17(23)24)10-13-14(18)7-5-8-15(13)19/h5,7-8,12H,3-4,6,9-11H2,1-2H3. The molecule has 2 aromatic rings. The van der Waals surface area contributed by atoms with Crippen LogP contribution in [0.2, 0.25) is 5.02 Å². The number of likely N-dealkylation sites (tertiary alicyclic amines) is 1.